The molecule has 0 aliphatic carbocycles. The maximum absolute atomic E-state index is 12.2. The summed E-state index contributed by atoms with van der Waals surface area (Å²) in [4.78, 5) is 24.7. The van der Waals surface area contributed by atoms with E-state index in [1.165, 1.54) is 17.0 Å². The number of phenolic OH excluding ortho intramolecular Hbond substituents is 2. The van der Waals surface area contributed by atoms with Gasteiger partial charge in [-0.2, -0.15) is 0 Å². The molecule has 1 aromatic carbocycles. The zero-order chi connectivity index (χ0) is 14.2. The number of benzene rings is 1. The molecule has 1 saturated heterocycles. The van der Waals surface area contributed by atoms with Gasteiger partial charge in [-0.3, -0.25) is 9.59 Å². The van der Waals surface area contributed by atoms with Crippen molar-refractivity contribution in [2.45, 2.75) is 19.4 Å². The van der Waals surface area contributed by atoms with E-state index in [9.17, 15) is 19.8 Å². The van der Waals surface area contributed by atoms with E-state index in [4.69, 9.17) is 5.11 Å². The van der Waals surface area contributed by atoms with Gasteiger partial charge in [-0.1, -0.05) is 0 Å². The minimum absolute atomic E-state index is 0.149. The molecule has 0 aromatic heterocycles. The van der Waals surface area contributed by atoms with Crippen LogP contribution in [-0.4, -0.2) is 44.7 Å². The van der Waals surface area contributed by atoms with Crippen LogP contribution in [0.1, 0.15) is 23.7 Å². The molecule has 0 bridgehead atoms. The van der Waals surface area contributed by atoms with Gasteiger partial charge in [-0.25, -0.2) is 0 Å². The third-order valence-corrected chi connectivity index (χ3v) is 3.48. The van der Waals surface area contributed by atoms with E-state index < -0.39 is 17.9 Å². The largest absolute Gasteiger partial charge is 0.508 e. The Morgan fingerprint density at radius 2 is 1.79 bits per heavy atom. The molecular formula is C13H15NO5. The zero-order valence-electron chi connectivity index (χ0n) is 10.4. The molecule has 6 nitrogen and oxygen atoms in total. The van der Waals surface area contributed by atoms with Gasteiger partial charge in [0.25, 0.3) is 5.91 Å². The number of rotatable bonds is 2. The highest BCUT2D eigenvalue weighted by Gasteiger charge is 2.38. The maximum Gasteiger partial charge on any atom is 0.308 e. The Bertz CT molecular complexity index is 508. The van der Waals surface area contributed by atoms with E-state index in [1.807, 2.05) is 0 Å². The van der Waals surface area contributed by atoms with Crippen LogP contribution in [0.25, 0.3) is 0 Å². The number of hydrogen-bond acceptors (Lipinski definition) is 4. The van der Waals surface area contributed by atoms with Crippen LogP contribution in [-0.2, 0) is 4.79 Å². The van der Waals surface area contributed by atoms with Gasteiger partial charge in [0.05, 0.1) is 5.92 Å². The summed E-state index contributed by atoms with van der Waals surface area (Å²) >= 11 is 0. The number of hydrogen-bond donors (Lipinski definition) is 3. The second-order valence-corrected chi connectivity index (χ2v) is 4.71. The number of amides is 1. The number of aromatic hydroxyl groups is 2. The number of carboxylic acids is 1. The molecule has 0 spiro atoms. The Labute approximate surface area is 109 Å². The lowest BCUT2D eigenvalue weighted by Crippen LogP contribution is -2.37. The van der Waals surface area contributed by atoms with E-state index in [0.29, 0.717) is 13.0 Å². The van der Waals surface area contributed by atoms with Gasteiger partial charge in [0, 0.05) is 24.2 Å². The molecule has 2 rings (SSSR count). The number of nitrogens with zero attached hydrogens (tertiary/aromatic N) is 1. The van der Waals surface area contributed by atoms with Gasteiger partial charge in [-0.05, 0) is 25.5 Å². The Morgan fingerprint density at radius 1 is 1.21 bits per heavy atom. The highest BCUT2D eigenvalue weighted by Crippen LogP contribution is 2.28. The van der Waals surface area contributed by atoms with Gasteiger partial charge in [0.2, 0.25) is 0 Å². The van der Waals surface area contributed by atoms with Gasteiger partial charge in [0.1, 0.15) is 11.5 Å². The smallest absolute Gasteiger partial charge is 0.308 e. The Kier molecular flexibility index (Phi) is 3.33. The minimum atomic E-state index is -0.915. The standard InChI is InChI=1S/C13H15NO5/c1-7-11(13(18)19)2-3-14(7)12(17)8-4-9(15)6-10(16)5-8/h4-7,11,15-16H,2-3H2,1H3,(H,18,19). The molecule has 0 radical (unpaired) electrons. The Morgan fingerprint density at radius 3 is 2.26 bits per heavy atom. The summed E-state index contributed by atoms with van der Waals surface area (Å²) in [5, 5.41) is 27.8. The summed E-state index contributed by atoms with van der Waals surface area (Å²) in [7, 11) is 0. The van der Waals surface area contributed by atoms with Crippen molar-refractivity contribution in [2.75, 3.05) is 6.54 Å². The summed E-state index contributed by atoms with van der Waals surface area (Å²) in [5.41, 5.74) is 0.149. The highest BCUT2D eigenvalue weighted by molar-refractivity contribution is 5.96. The number of phenols is 2. The Balaban J connectivity index is 2.23. The van der Waals surface area contributed by atoms with E-state index in [-0.39, 0.29) is 23.0 Å². The maximum atomic E-state index is 12.2. The van der Waals surface area contributed by atoms with Crippen LogP contribution in [0.5, 0.6) is 11.5 Å². The summed E-state index contributed by atoms with van der Waals surface area (Å²) in [6, 6.07) is 3.23. The SMILES string of the molecule is CC1C(C(=O)O)CCN1C(=O)c1cc(O)cc(O)c1. The molecular weight excluding hydrogens is 250 g/mol. The normalized spacial score (nSPS) is 22.5. The molecule has 1 fully saturated rings. The fourth-order valence-electron chi connectivity index (χ4n) is 2.44. The molecule has 102 valence electrons. The first kappa shape index (κ1) is 13.2. The fraction of sp³-hybridized carbons (Fsp3) is 0.385. The van der Waals surface area contributed by atoms with Crippen LogP contribution in [0.15, 0.2) is 18.2 Å². The van der Waals surface area contributed by atoms with Crippen LogP contribution in [0.2, 0.25) is 0 Å². The van der Waals surface area contributed by atoms with Crippen molar-refractivity contribution in [1.29, 1.82) is 0 Å². The molecule has 0 saturated carbocycles. The second kappa shape index (κ2) is 4.79. The summed E-state index contributed by atoms with van der Waals surface area (Å²) in [5.74, 6) is -2.28. The van der Waals surface area contributed by atoms with Gasteiger partial charge >= 0.3 is 5.97 Å². The van der Waals surface area contributed by atoms with E-state index in [0.717, 1.165) is 6.07 Å². The quantitative estimate of drug-likeness (QED) is 0.742. The van der Waals surface area contributed by atoms with E-state index >= 15 is 0 Å². The van der Waals surface area contributed by atoms with E-state index in [1.54, 1.807) is 6.92 Å². The number of carbonyl (C=O) groups is 2. The molecule has 1 aliphatic heterocycles. The topological polar surface area (TPSA) is 98.1 Å². The molecule has 1 aliphatic rings. The van der Waals surface area contributed by atoms with Crippen molar-refractivity contribution in [3.05, 3.63) is 23.8 Å². The van der Waals surface area contributed by atoms with Gasteiger partial charge < -0.3 is 20.2 Å². The first-order valence-electron chi connectivity index (χ1n) is 5.97. The Hall–Kier alpha value is -2.24. The molecule has 1 amide bonds. The summed E-state index contributed by atoms with van der Waals surface area (Å²) in [6.07, 6.45) is 0.410. The fourth-order valence-corrected chi connectivity index (χ4v) is 2.44. The van der Waals surface area contributed by atoms with Crippen molar-refractivity contribution >= 4 is 11.9 Å². The molecule has 1 aromatic rings. The van der Waals surface area contributed by atoms with Crippen molar-refractivity contribution in [3.8, 4) is 11.5 Å². The van der Waals surface area contributed by atoms with Crippen molar-refractivity contribution in [2.24, 2.45) is 5.92 Å². The van der Waals surface area contributed by atoms with Crippen molar-refractivity contribution in [3.63, 3.8) is 0 Å². The predicted molar refractivity (Wildman–Crippen MR) is 66.0 cm³/mol. The van der Waals surface area contributed by atoms with Crippen molar-refractivity contribution in [1.82, 2.24) is 4.90 Å². The van der Waals surface area contributed by atoms with Crippen molar-refractivity contribution < 1.29 is 24.9 Å². The van der Waals surface area contributed by atoms with Gasteiger partial charge in [-0.15, -0.1) is 0 Å². The van der Waals surface area contributed by atoms with Crippen LogP contribution < -0.4 is 0 Å². The monoisotopic (exact) mass is 265 g/mol. The number of likely N-dealkylation sites (tertiary alicyclic amines) is 1. The zero-order valence-corrected chi connectivity index (χ0v) is 10.4. The number of carboxylic acid groups (broad SMARTS) is 1. The van der Waals surface area contributed by atoms with Crippen LogP contribution in [0.4, 0.5) is 0 Å². The molecule has 2 unspecified atom stereocenters. The minimum Gasteiger partial charge on any atom is -0.508 e. The lowest BCUT2D eigenvalue weighted by molar-refractivity contribution is -0.142. The molecule has 6 heteroatoms. The lowest BCUT2D eigenvalue weighted by atomic mass is 10.0. The summed E-state index contributed by atoms with van der Waals surface area (Å²) in [6.45, 7) is 2.04. The number of aliphatic carboxylic acids is 1. The predicted octanol–water partition coefficient (Wildman–Crippen LogP) is 1.03. The third-order valence-electron chi connectivity index (χ3n) is 3.48. The average Bonchev–Trinajstić information content (AvgIpc) is 2.69. The second-order valence-electron chi connectivity index (χ2n) is 4.71. The molecule has 2 atom stereocenters. The van der Waals surface area contributed by atoms with Crippen LogP contribution >= 0.6 is 0 Å². The van der Waals surface area contributed by atoms with Crippen LogP contribution in [0, 0.1) is 5.92 Å². The van der Waals surface area contributed by atoms with Crippen LogP contribution in [0.3, 0.4) is 0 Å². The highest BCUT2D eigenvalue weighted by atomic mass is 16.4. The summed E-state index contributed by atoms with van der Waals surface area (Å²) < 4.78 is 0. The molecule has 1 heterocycles. The number of carbonyl (C=O) groups excluding carboxylic acids is 1. The first-order chi connectivity index (χ1) is 8.90. The van der Waals surface area contributed by atoms with Gasteiger partial charge in [0.15, 0.2) is 0 Å². The molecule has 3 N–H and O–H groups in total. The van der Waals surface area contributed by atoms with E-state index in [2.05, 4.69) is 0 Å². The molecule has 19 heavy (non-hydrogen) atoms. The third kappa shape index (κ3) is 2.47. The average molecular weight is 265 g/mol. The first-order valence-corrected chi connectivity index (χ1v) is 5.97. The lowest BCUT2D eigenvalue weighted by Gasteiger charge is -2.23.